The van der Waals surface area contributed by atoms with Crippen molar-refractivity contribution in [2.75, 3.05) is 31.4 Å². The molecule has 7 nitrogen and oxygen atoms in total. The van der Waals surface area contributed by atoms with Gasteiger partial charge in [-0.3, -0.25) is 4.79 Å². The Labute approximate surface area is 147 Å². The van der Waals surface area contributed by atoms with E-state index >= 15 is 0 Å². The molecule has 0 atom stereocenters. The number of hydrogen-bond acceptors (Lipinski definition) is 6. The molecular weight excluding hydrogens is 320 g/mol. The zero-order chi connectivity index (χ0) is 18.4. The monoisotopic (exact) mass is 344 g/mol. The van der Waals surface area contributed by atoms with E-state index in [4.69, 9.17) is 9.47 Å². The van der Waals surface area contributed by atoms with E-state index in [1.165, 1.54) is 7.11 Å². The summed E-state index contributed by atoms with van der Waals surface area (Å²) in [6.07, 6.45) is 0. The highest BCUT2D eigenvalue weighted by atomic mass is 16.5. The summed E-state index contributed by atoms with van der Waals surface area (Å²) in [5, 5.41) is 5.95. The lowest BCUT2D eigenvalue weighted by Crippen LogP contribution is -2.17. The van der Waals surface area contributed by atoms with Crippen molar-refractivity contribution in [1.82, 2.24) is 9.97 Å². The predicted octanol–water partition coefficient (Wildman–Crippen LogP) is 3.12. The van der Waals surface area contributed by atoms with Gasteiger partial charge in [0, 0.05) is 18.3 Å². The minimum atomic E-state index is -0.332. The topological polar surface area (TPSA) is 85.4 Å². The highest BCUT2D eigenvalue weighted by Gasteiger charge is 2.14. The van der Waals surface area contributed by atoms with Crippen LogP contribution in [0, 0.1) is 12.8 Å². The molecule has 0 aliphatic heterocycles. The largest absolute Gasteiger partial charge is 0.497 e. The Morgan fingerprint density at radius 3 is 2.56 bits per heavy atom. The molecule has 25 heavy (non-hydrogen) atoms. The number of methoxy groups -OCH3 is 2. The Morgan fingerprint density at radius 1 is 1.16 bits per heavy atom. The number of carbonyl (C=O) groups excluding carboxylic acids is 1. The van der Waals surface area contributed by atoms with Crippen LogP contribution in [0.5, 0.6) is 11.5 Å². The molecule has 0 radical (unpaired) electrons. The van der Waals surface area contributed by atoms with E-state index in [0.29, 0.717) is 34.7 Å². The van der Waals surface area contributed by atoms with Gasteiger partial charge < -0.3 is 20.1 Å². The summed E-state index contributed by atoms with van der Waals surface area (Å²) in [7, 11) is 3.11. The van der Waals surface area contributed by atoms with Gasteiger partial charge in [0.1, 0.15) is 17.2 Å². The molecule has 134 valence electrons. The van der Waals surface area contributed by atoms with Gasteiger partial charge in [-0.05, 0) is 31.0 Å². The first-order valence-electron chi connectivity index (χ1n) is 8.06. The number of benzene rings is 1. The molecule has 0 saturated heterocycles. The smallest absolute Gasteiger partial charge is 0.274 e. The van der Waals surface area contributed by atoms with Crippen LogP contribution in [-0.4, -0.2) is 36.6 Å². The highest BCUT2D eigenvalue weighted by Crippen LogP contribution is 2.29. The van der Waals surface area contributed by atoms with E-state index in [-0.39, 0.29) is 11.6 Å². The second-order valence-electron chi connectivity index (χ2n) is 6.01. The summed E-state index contributed by atoms with van der Waals surface area (Å²) in [5.41, 5.74) is 1.55. The van der Waals surface area contributed by atoms with Crippen LogP contribution in [0.15, 0.2) is 24.3 Å². The Morgan fingerprint density at radius 2 is 1.92 bits per heavy atom. The number of anilines is 2. The number of aryl methyl sites for hydroxylation is 1. The number of rotatable bonds is 7. The minimum absolute atomic E-state index is 0.289. The lowest BCUT2D eigenvalue weighted by atomic mass is 10.2. The highest BCUT2D eigenvalue weighted by molar-refractivity contribution is 6.04. The molecule has 1 aromatic carbocycles. The molecular formula is C18H24N4O3. The van der Waals surface area contributed by atoms with Crippen molar-refractivity contribution in [3.8, 4) is 11.5 Å². The number of carbonyl (C=O) groups is 1. The Bertz CT molecular complexity index is 747. The molecule has 0 unspecified atom stereocenters. The third kappa shape index (κ3) is 5.07. The zero-order valence-electron chi connectivity index (χ0n) is 15.2. The van der Waals surface area contributed by atoms with Crippen LogP contribution >= 0.6 is 0 Å². The standard InChI is InChI=1S/C18H24N4O3/c1-11(2)10-19-18-20-12(3)8-15(22-18)17(23)21-14-7-6-13(24-4)9-16(14)25-5/h6-9,11H,10H2,1-5H3,(H,21,23)(H,19,20,22). The molecule has 0 spiro atoms. The number of ether oxygens (including phenoxy) is 2. The third-order valence-electron chi connectivity index (χ3n) is 3.41. The first kappa shape index (κ1) is 18.5. The number of aromatic nitrogens is 2. The quantitative estimate of drug-likeness (QED) is 0.803. The van der Waals surface area contributed by atoms with Crippen molar-refractivity contribution in [2.24, 2.45) is 5.92 Å². The Kier molecular flexibility index (Phi) is 6.16. The fourth-order valence-corrected chi connectivity index (χ4v) is 2.15. The average Bonchev–Trinajstić information content (AvgIpc) is 2.59. The maximum absolute atomic E-state index is 12.6. The van der Waals surface area contributed by atoms with Gasteiger partial charge in [-0.1, -0.05) is 13.8 Å². The van der Waals surface area contributed by atoms with E-state index in [0.717, 1.165) is 6.54 Å². The summed E-state index contributed by atoms with van der Waals surface area (Å²) in [5.74, 6) is 1.72. The van der Waals surface area contributed by atoms with Crippen LogP contribution in [0.2, 0.25) is 0 Å². The van der Waals surface area contributed by atoms with Gasteiger partial charge >= 0.3 is 0 Å². The second kappa shape index (κ2) is 8.32. The fraction of sp³-hybridized carbons (Fsp3) is 0.389. The molecule has 2 aromatic rings. The average molecular weight is 344 g/mol. The van der Waals surface area contributed by atoms with Crippen LogP contribution in [-0.2, 0) is 0 Å². The second-order valence-corrected chi connectivity index (χ2v) is 6.01. The molecule has 0 bridgehead atoms. The van der Waals surface area contributed by atoms with Crippen molar-refractivity contribution in [3.05, 3.63) is 35.7 Å². The molecule has 2 N–H and O–H groups in total. The normalized spacial score (nSPS) is 10.5. The number of hydrogen-bond donors (Lipinski definition) is 2. The lowest BCUT2D eigenvalue weighted by molar-refractivity contribution is 0.102. The first-order chi connectivity index (χ1) is 11.9. The molecule has 7 heteroatoms. The fourth-order valence-electron chi connectivity index (χ4n) is 2.15. The molecule has 0 saturated carbocycles. The van der Waals surface area contributed by atoms with Crippen molar-refractivity contribution in [1.29, 1.82) is 0 Å². The summed E-state index contributed by atoms with van der Waals surface area (Å²) in [6, 6.07) is 6.82. The van der Waals surface area contributed by atoms with Crippen molar-refractivity contribution >= 4 is 17.5 Å². The number of amides is 1. The van der Waals surface area contributed by atoms with Crippen LogP contribution in [0.3, 0.4) is 0 Å². The van der Waals surface area contributed by atoms with Gasteiger partial charge in [0.05, 0.1) is 19.9 Å². The van der Waals surface area contributed by atoms with E-state index < -0.39 is 0 Å². The van der Waals surface area contributed by atoms with Crippen molar-refractivity contribution in [2.45, 2.75) is 20.8 Å². The van der Waals surface area contributed by atoms with Gasteiger partial charge in [0.15, 0.2) is 0 Å². The van der Waals surface area contributed by atoms with Gasteiger partial charge in [-0.2, -0.15) is 0 Å². The van der Waals surface area contributed by atoms with Crippen LogP contribution < -0.4 is 20.1 Å². The van der Waals surface area contributed by atoms with Crippen molar-refractivity contribution in [3.63, 3.8) is 0 Å². The Hall–Kier alpha value is -2.83. The van der Waals surface area contributed by atoms with Gasteiger partial charge in [0.25, 0.3) is 5.91 Å². The van der Waals surface area contributed by atoms with E-state index in [1.807, 2.05) is 6.92 Å². The molecule has 0 aliphatic rings. The first-order valence-corrected chi connectivity index (χ1v) is 8.06. The van der Waals surface area contributed by atoms with E-state index in [1.54, 1.807) is 31.4 Å². The third-order valence-corrected chi connectivity index (χ3v) is 3.41. The molecule has 1 amide bonds. The lowest BCUT2D eigenvalue weighted by Gasteiger charge is -2.12. The summed E-state index contributed by atoms with van der Waals surface area (Å²) >= 11 is 0. The molecule has 1 aromatic heterocycles. The number of nitrogens with one attached hydrogen (secondary N) is 2. The van der Waals surface area contributed by atoms with E-state index in [2.05, 4.69) is 34.4 Å². The van der Waals surface area contributed by atoms with Gasteiger partial charge in [-0.25, -0.2) is 9.97 Å². The van der Waals surface area contributed by atoms with Gasteiger partial charge in [0.2, 0.25) is 5.95 Å². The molecule has 2 rings (SSSR count). The Balaban J connectivity index is 2.20. The van der Waals surface area contributed by atoms with Crippen LogP contribution in [0.4, 0.5) is 11.6 Å². The zero-order valence-corrected chi connectivity index (χ0v) is 15.2. The molecule has 0 aliphatic carbocycles. The van der Waals surface area contributed by atoms with Crippen molar-refractivity contribution < 1.29 is 14.3 Å². The predicted molar refractivity (Wildman–Crippen MR) is 97.6 cm³/mol. The summed E-state index contributed by atoms with van der Waals surface area (Å²) < 4.78 is 10.5. The SMILES string of the molecule is COc1ccc(NC(=O)c2cc(C)nc(NCC(C)C)n2)c(OC)c1. The minimum Gasteiger partial charge on any atom is -0.497 e. The molecule has 1 heterocycles. The molecule has 0 fully saturated rings. The maximum Gasteiger partial charge on any atom is 0.274 e. The van der Waals surface area contributed by atoms with Gasteiger partial charge in [-0.15, -0.1) is 0 Å². The van der Waals surface area contributed by atoms with E-state index in [9.17, 15) is 4.79 Å². The number of nitrogens with zero attached hydrogens (tertiary/aromatic N) is 2. The summed E-state index contributed by atoms with van der Waals surface area (Å²) in [4.78, 5) is 21.2. The maximum atomic E-state index is 12.6. The van der Waals surface area contributed by atoms with Crippen LogP contribution in [0.25, 0.3) is 0 Å². The summed E-state index contributed by atoms with van der Waals surface area (Å²) in [6.45, 7) is 6.74. The van der Waals surface area contributed by atoms with Crippen LogP contribution in [0.1, 0.15) is 30.0 Å².